The zero-order valence-electron chi connectivity index (χ0n) is 15.1. The Labute approximate surface area is 156 Å². The average molecular weight is 367 g/mol. The van der Waals surface area contributed by atoms with Crippen LogP contribution in [0.5, 0.6) is 5.88 Å². The number of hydrogen-bond acceptors (Lipinski definition) is 6. The molecule has 2 amide bonds. The first-order valence-electron chi connectivity index (χ1n) is 8.86. The number of carbonyl (C=O) groups excluding carboxylic acids is 1. The maximum atomic E-state index is 12.5. The topological polar surface area (TPSA) is 83.7 Å². The van der Waals surface area contributed by atoms with Crippen LogP contribution < -0.4 is 15.0 Å². The van der Waals surface area contributed by atoms with E-state index in [1.165, 1.54) is 0 Å². The van der Waals surface area contributed by atoms with Crippen LogP contribution in [0.4, 0.5) is 10.8 Å². The first-order chi connectivity index (χ1) is 13.2. The molecule has 3 aromatic rings. The molecule has 0 bridgehead atoms. The molecule has 1 saturated heterocycles. The Hall–Kier alpha value is -3.29. The molecule has 1 aromatic carbocycles. The molecule has 8 nitrogen and oxygen atoms in total. The van der Waals surface area contributed by atoms with Gasteiger partial charge in [0.15, 0.2) is 5.58 Å². The van der Waals surface area contributed by atoms with Gasteiger partial charge in [-0.2, -0.15) is 4.98 Å². The molecule has 0 atom stereocenters. The third-order valence-corrected chi connectivity index (χ3v) is 4.59. The highest BCUT2D eigenvalue weighted by molar-refractivity contribution is 5.75. The van der Waals surface area contributed by atoms with E-state index in [2.05, 4.69) is 20.2 Å². The first-order valence-corrected chi connectivity index (χ1v) is 8.86. The van der Waals surface area contributed by atoms with E-state index in [0.29, 0.717) is 44.6 Å². The van der Waals surface area contributed by atoms with Crippen molar-refractivity contribution >= 4 is 23.1 Å². The van der Waals surface area contributed by atoms with Crippen LogP contribution in [0.25, 0.3) is 11.1 Å². The number of fused-ring (bicyclic) bond motifs is 1. The summed E-state index contributed by atoms with van der Waals surface area (Å²) in [4.78, 5) is 25.0. The number of anilines is 1. The second-order valence-corrected chi connectivity index (χ2v) is 6.27. The van der Waals surface area contributed by atoms with Gasteiger partial charge in [-0.15, -0.1) is 0 Å². The van der Waals surface area contributed by atoms with Crippen molar-refractivity contribution in [3.63, 3.8) is 0 Å². The summed E-state index contributed by atoms with van der Waals surface area (Å²) in [5.41, 5.74) is 2.47. The second kappa shape index (κ2) is 7.53. The van der Waals surface area contributed by atoms with Crippen molar-refractivity contribution in [3.05, 3.63) is 48.2 Å². The summed E-state index contributed by atoms with van der Waals surface area (Å²) in [6.45, 7) is 2.94. The largest absolute Gasteiger partial charge is 0.481 e. The van der Waals surface area contributed by atoms with Gasteiger partial charge in [0, 0.05) is 44.5 Å². The Balaban J connectivity index is 1.32. The molecule has 1 N–H and O–H groups in total. The third kappa shape index (κ3) is 3.64. The zero-order valence-corrected chi connectivity index (χ0v) is 15.1. The Morgan fingerprint density at radius 3 is 2.78 bits per heavy atom. The van der Waals surface area contributed by atoms with Gasteiger partial charge in [0.05, 0.1) is 7.11 Å². The van der Waals surface area contributed by atoms with E-state index < -0.39 is 0 Å². The van der Waals surface area contributed by atoms with Crippen molar-refractivity contribution in [2.45, 2.75) is 6.54 Å². The number of nitrogens with zero attached hydrogens (tertiary/aromatic N) is 4. The SMILES string of the molecule is COc1ncccc1CNC(=O)N1CCN(c2nc3ccccc3o2)CC1. The maximum Gasteiger partial charge on any atom is 0.317 e. The van der Waals surface area contributed by atoms with Crippen molar-refractivity contribution in [3.8, 4) is 5.88 Å². The van der Waals surface area contributed by atoms with Crippen LogP contribution in [0, 0.1) is 0 Å². The van der Waals surface area contributed by atoms with Gasteiger partial charge in [0.25, 0.3) is 6.01 Å². The third-order valence-electron chi connectivity index (χ3n) is 4.59. The minimum Gasteiger partial charge on any atom is -0.481 e. The number of ether oxygens (including phenoxy) is 1. The molecule has 8 heteroatoms. The van der Waals surface area contributed by atoms with E-state index in [4.69, 9.17) is 9.15 Å². The molecule has 4 rings (SSSR count). The van der Waals surface area contributed by atoms with Gasteiger partial charge in [0.1, 0.15) is 5.52 Å². The molecule has 1 fully saturated rings. The van der Waals surface area contributed by atoms with E-state index >= 15 is 0 Å². The first kappa shape index (κ1) is 17.1. The highest BCUT2D eigenvalue weighted by Crippen LogP contribution is 2.22. The second-order valence-electron chi connectivity index (χ2n) is 6.27. The molecule has 1 aliphatic heterocycles. The van der Waals surface area contributed by atoms with Crippen molar-refractivity contribution in [1.29, 1.82) is 0 Å². The molecule has 0 unspecified atom stereocenters. The molecule has 0 spiro atoms. The number of methoxy groups -OCH3 is 1. The molecule has 140 valence electrons. The lowest BCUT2D eigenvalue weighted by Gasteiger charge is -2.33. The standard InChI is InChI=1S/C19H21N5O3/c1-26-17-14(5-4-8-20-17)13-21-18(25)23-9-11-24(12-10-23)19-22-15-6-2-3-7-16(15)27-19/h2-8H,9-13H2,1H3,(H,21,25). The Kier molecular flexibility index (Phi) is 4.78. The highest BCUT2D eigenvalue weighted by atomic mass is 16.5. The van der Waals surface area contributed by atoms with Crippen molar-refractivity contribution < 1.29 is 13.9 Å². The van der Waals surface area contributed by atoms with E-state index in [1.54, 1.807) is 18.2 Å². The van der Waals surface area contributed by atoms with Crippen molar-refractivity contribution in [1.82, 2.24) is 20.2 Å². The predicted molar refractivity (Wildman–Crippen MR) is 101 cm³/mol. The van der Waals surface area contributed by atoms with Crippen LogP contribution in [0.2, 0.25) is 0 Å². The lowest BCUT2D eigenvalue weighted by molar-refractivity contribution is 0.193. The van der Waals surface area contributed by atoms with E-state index in [1.807, 2.05) is 36.4 Å². The van der Waals surface area contributed by atoms with Gasteiger partial charge in [-0.25, -0.2) is 9.78 Å². The summed E-state index contributed by atoms with van der Waals surface area (Å²) >= 11 is 0. The smallest absolute Gasteiger partial charge is 0.317 e. The number of piperazine rings is 1. The van der Waals surface area contributed by atoms with Gasteiger partial charge < -0.3 is 24.3 Å². The fourth-order valence-electron chi connectivity index (χ4n) is 3.12. The van der Waals surface area contributed by atoms with Crippen LogP contribution in [0.15, 0.2) is 47.0 Å². The molecule has 0 saturated carbocycles. The van der Waals surface area contributed by atoms with E-state index in [9.17, 15) is 4.79 Å². The van der Waals surface area contributed by atoms with Crippen LogP contribution in [-0.2, 0) is 6.54 Å². The Morgan fingerprint density at radius 2 is 2.00 bits per heavy atom. The highest BCUT2D eigenvalue weighted by Gasteiger charge is 2.24. The number of nitrogens with one attached hydrogen (secondary N) is 1. The van der Waals surface area contributed by atoms with Crippen LogP contribution in [0.1, 0.15) is 5.56 Å². The number of benzene rings is 1. The number of aromatic nitrogens is 2. The molecule has 1 aliphatic rings. The quantitative estimate of drug-likeness (QED) is 0.762. The van der Waals surface area contributed by atoms with Crippen LogP contribution in [0.3, 0.4) is 0 Å². The molecule has 3 heterocycles. The number of oxazole rings is 1. The summed E-state index contributed by atoms with van der Waals surface area (Å²) in [5, 5.41) is 2.93. The fraction of sp³-hybridized carbons (Fsp3) is 0.316. The number of urea groups is 1. The number of hydrogen-bond donors (Lipinski definition) is 1. The minimum absolute atomic E-state index is 0.0990. The maximum absolute atomic E-state index is 12.5. The van der Waals surface area contributed by atoms with Crippen LogP contribution >= 0.6 is 0 Å². The van der Waals surface area contributed by atoms with Gasteiger partial charge in [-0.1, -0.05) is 18.2 Å². The number of carbonyl (C=O) groups is 1. The van der Waals surface area contributed by atoms with Gasteiger partial charge in [-0.3, -0.25) is 0 Å². The summed E-state index contributed by atoms with van der Waals surface area (Å²) < 4.78 is 11.0. The molecular formula is C19H21N5O3. The number of rotatable bonds is 4. The summed E-state index contributed by atoms with van der Waals surface area (Å²) in [6.07, 6.45) is 1.66. The van der Waals surface area contributed by atoms with Gasteiger partial charge in [0.2, 0.25) is 5.88 Å². The minimum atomic E-state index is -0.0990. The molecule has 0 aliphatic carbocycles. The van der Waals surface area contributed by atoms with Gasteiger partial charge >= 0.3 is 6.03 Å². The van der Waals surface area contributed by atoms with Crippen molar-refractivity contribution in [2.24, 2.45) is 0 Å². The van der Waals surface area contributed by atoms with Gasteiger partial charge in [-0.05, 0) is 18.2 Å². The average Bonchev–Trinajstić information content (AvgIpc) is 3.16. The molecule has 27 heavy (non-hydrogen) atoms. The summed E-state index contributed by atoms with van der Waals surface area (Å²) in [6, 6.07) is 11.9. The normalized spacial score (nSPS) is 14.4. The lowest BCUT2D eigenvalue weighted by atomic mass is 10.2. The van der Waals surface area contributed by atoms with Crippen LogP contribution in [-0.4, -0.2) is 54.2 Å². The van der Waals surface area contributed by atoms with E-state index in [0.717, 1.165) is 16.7 Å². The zero-order chi connectivity index (χ0) is 18.6. The molecule has 2 aromatic heterocycles. The Bertz CT molecular complexity index is 901. The van der Waals surface area contributed by atoms with Crippen molar-refractivity contribution in [2.75, 3.05) is 38.2 Å². The number of pyridine rings is 1. The predicted octanol–water partition coefficient (Wildman–Crippen LogP) is 2.26. The van der Waals surface area contributed by atoms with E-state index in [-0.39, 0.29) is 6.03 Å². The number of para-hydroxylation sites is 2. The summed E-state index contributed by atoms with van der Waals surface area (Å²) in [7, 11) is 1.57. The number of amides is 2. The lowest BCUT2D eigenvalue weighted by Crippen LogP contribution is -2.51. The molecule has 0 radical (unpaired) electrons. The summed E-state index contributed by atoms with van der Waals surface area (Å²) in [5.74, 6) is 0.526. The fourth-order valence-corrected chi connectivity index (χ4v) is 3.12. The Morgan fingerprint density at radius 1 is 1.19 bits per heavy atom. The monoisotopic (exact) mass is 367 g/mol. The molecular weight excluding hydrogens is 346 g/mol.